The van der Waals surface area contributed by atoms with Gasteiger partial charge in [-0.1, -0.05) is 30.3 Å². The Hall–Kier alpha value is -2.98. The van der Waals surface area contributed by atoms with Crippen LogP contribution in [0.3, 0.4) is 0 Å². The van der Waals surface area contributed by atoms with Gasteiger partial charge in [0.2, 0.25) is 5.76 Å². The van der Waals surface area contributed by atoms with Gasteiger partial charge in [0, 0.05) is 16.0 Å². The highest BCUT2D eigenvalue weighted by molar-refractivity contribution is 14.1. The molecule has 4 rings (SSSR count). The second-order valence-electron chi connectivity index (χ2n) is 6.53. The van der Waals surface area contributed by atoms with Gasteiger partial charge in [0.05, 0.1) is 11.1 Å². The summed E-state index contributed by atoms with van der Waals surface area (Å²) in [6, 6.07) is 15.9. The summed E-state index contributed by atoms with van der Waals surface area (Å²) >= 11 is 2.03. The van der Waals surface area contributed by atoms with Crippen molar-refractivity contribution < 1.29 is 18.4 Å². The molecule has 1 atom stereocenters. The monoisotopic (exact) mass is 517 g/mol. The number of carbonyl (C=O) groups excluding carboxylic acids is 1. The van der Waals surface area contributed by atoms with E-state index in [0.29, 0.717) is 16.7 Å². The average molecular weight is 517 g/mol. The van der Waals surface area contributed by atoms with Crippen LogP contribution in [0.1, 0.15) is 29.1 Å². The third kappa shape index (κ3) is 4.29. The zero-order valence-electron chi connectivity index (χ0n) is 15.9. The zero-order chi connectivity index (χ0) is 21.1. The minimum atomic E-state index is -0.595. The van der Waals surface area contributed by atoms with Crippen molar-refractivity contribution in [2.45, 2.75) is 13.0 Å². The van der Waals surface area contributed by atoms with E-state index in [1.54, 1.807) is 30.6 Å². The van der Waals surface area contributed by atoms with Crippen molar-refractivity contribution in [3.8, 4) is 0 Å². The van der Waals surface area contributed by atoms with Gasteiger partial charge in [0.25, 0.3) is 0 Å². The Kier molecular flexibility index (Phi) is 5.96. The summed E-state index contributed by atoms with van der Waals surface area (Å²) in [7, 11) is 0. The molecule has 4 aromatic rings. The highest BCUT2D eigenvalue weighted by atomic mass is 127. The van der Waals surface area contributed by atoms with Crippen LogP contribution in [0.15, 0.2) is 71.4 Å². The van der Waals surface area contributed by atoms with E-state index in [1.807, 2.05) is 59.8 Å². The first kappa shape index (κ1) is 20.3. The predicted octanol–water partition coefficient (Wildman–Crippen LogP) is 5.74. The molecule has 2 heterocycles. The normalized spacial score (nSPS) is 12.0. The summed E-state index contributed by atoms with van der Waals surface area (Å²) in [6.45, 7) is 1.82. The van der Waals surface area contributed by atoms with Crippen LogP contribution in [0, 0.1) is 9.39 Å². The maximum atomic E-state index is 14.4. The first-order chi connectivity index (χ1) is 14.5. The minimum absolute atomic E-state index is 0.0313. The molecule has 152 valence electrons. The molecule has 0 saturated carbocycles. The zero-order valence-corrected chi connectivity index (χ0v) is 18.0. The van der Waals surface area contributed by atoms with Crippen LogP contribution in [-0.2, 0) is 4.84 Å². The Morgan fingerprint density at radius 1 is 1.20 bits per heavy atom. The Bertz CT molecular complexity index is 1200. The SMILES string of the molecule is CC(ONC(=O)c1oc2ccncc2c1Nc1ccc(I)cc1F)c1ccccc1. The number of furan rings is 1. The standard InChI is InChI=1S/C22H17FIN3O3/c1-13(14-5-3-2-4-6-14)30-27-22(28)21-20(16-12-25-10-9-19(16)29-21)26-18-8-7-15(24)11-17(18)23/h2-13,26H,1H3,(H,27,28). The summed E-state index contributed by atoms with van der Waals surface area (Å²) in [6.07, 6.45) is 2.73. The molecule has 1 unspecified atom stereocenters. The number of nitrogens with one attached hydrogen (secondary N) is 2. The molecule has 0 bridgehead atoms. The number of fused-ring (bicyclic) bond motifs is 1. The maximum absolute atomic E-state index is 14.4. The van der Waals surface area contributed by atoms with Crippen LogP contribution < -0.4 is 10.8 Å². The Morgan fingerprint density at radius 3 is 2.77 bits per heavy atom. The average Bonchev–Trinajstić information content (AvgIpc) is 3.13. The summed E-state index contributed by atoms with van der Waals surface area (Å²) in [5.74, 6) is -1.07. The highest BCUT2D eigenvalue weighted by Gasteiger charge is 2.23. The number of hydroxylamine groups is 1. The number of hydrogen-bond acceptors (Lipinski definition) is 5. The number of hydrogen-bond donors (Lipinski definition) is 2. The van der Waals surface area contributed by atoms with Crippen molar-refractivity contribution in [3.05, 3.63) is 87.7 Å². The number of anilines is 2. The van der Waals surface area contributed by atoms with Gasteiger partial charge in [-0.2, -0.15) is 0 Å². The molecule has 0 aliphatic heterocycles. The Balaban J connectivity index is 1.61. The van der Waals surface area contributed by atoms with Crippen LogP contribution in [-0.4, -0.2) is 10.9 Å². The molecule has 2 aromatic heterocycles. The van der Waals surface area contributed by atoms with Crippen molar-refractivity contribution in [3.63, 3.8) is 0 Å². The molecule has 6 nitrogen and oxygen atoms in total. The van der Waals surface area contributed by atoms with Gasteiger partial charge in [-0.25, -0.2) is 9.87 Å². The maximum Gasteiger partial charge on any atom is 0.312 e. The van der Waals surface area contributed by atoms with E-state index in [2.05, 4.69) is 15.8 Å². The molecule has 1 amide bonds. The highest BCUT2D eigenvalue weighted by Crippen LogP contribution is 2.34. The number of halogens is 2. The summed E-state index contributed by atoms with van der Waals surface area (Å²) in [4.78, 5) is 22.4. The summed E-state index contributed by atoms with van der Waals surface area (Å²) in [5, 5.41) is 3.52. The number of amides is 1. The molecule has 0 aliphatic rings. The lowest BCUT2D eigenvalue weighted by Crippen LogP contribution is -2.25. The third-order valence-corrected chi connectivity index (χ3v) is 5.15. The summed E-state index contributed by atoms with van der Waals surface area (Å²) < 4.78 is 20.9. The summed E-state index contributed by atoms with van der Waals surface area (Å²) in [5.41, 5.74) is 4.30. The first-order valence-electron chi connectivity index (χ1n) is 9.12. The fourth-order valence-electron chi connectivity index (χ4n) is 2.93. The fraction of sp³-hybridized carbons (Fsp3) is 0.0909. The second kappa shape index (κ2) is 8.80. The van der Waals surface area contributed by atoms with Crippen molar-refractivity contribution in [1.82, 2.24) is 10.5 Å². The fourth-order valence-corrected chi connectivity index (χ4v) is 3.38. The van der Waals surface area contributed by atoms with Crippen LogP contribution in [0.25, 0.3) is 11.0 Å². The van der Waals surface area contributed by atoms with Crippen molar-refractivity contribution in [2.24, 2.45) is 0 Å². The smallest absolute Gasteiger partial charge is 0.312 e. The minimum Gasteiger partial charge on any atom is -0.448 e. The third-order valence-electron chi connectivity index (χ3n) is 4.48. The quantitative estimate of drug-likeness (QED) is 0.252. The first-order valence-corrected chi connectivity index (χ1v) is 10.2. The van der Waals surface area contributed by atoms with Crippen LogP contribution in [0.5, 0.6) is 0 Å². The molecule has 0 saturated heterocycles. The van der Waals surface area contributed by atoms with Gasteiger partial charge in [0.15, 0.2) is 0 Å². The number of aromatic nitrogens is 1. The van der Waals surface area contributed by atoms with E-state index in [9.17, 15) is 9.18 Å². The van der Waals surface area contributed by atoms with Crippen molar-refractivity contribution in [2.75, 3.05) is 5.32 Å². The number of rotatable bonds is 6. The lowest BCUT2D eigenvalue weighted by Gasteiger charge is -2.13. The molecule has 30 heavy (non-hydrogen) atoms. The van der Waals surface area contributed by atoms with Crippen LogP contribution >= 0.6 is 22.6 Å². The molecular weight excluding hydrogens is 500 g/mol. The van der Waals surface area contributed by atoms with Crippen molar-refractivity contribution in [1.29, 1.82) is 0 Å². The van der Waals surface area contributed by atoms with E-state index in [-0.39, 0.29) is 17.6 Å². The van der Waals surface area contributed by atoms with Gasteiger partial charge < -0.3 is 9.73 Å². The molecule has 2 N–H and O–H groups in total. The molecular formula is C22H17FIN3O3. The lowest BCUT2D eigenvalue weighted by atomic mass is 10.1. The van der Waals surface area contributed by atoms with E-state index < -0.39 is 11.7 Å². The topological polar surface area (TPSA) is 76.4 Å². The molecule has 2 aromatic carbocycles. The van der Waals surface area contributed by atoms with Crippen molar-refractivity contribution >= 4 is 50.8 Å². The molecule has 0 spiro atoms. The Morgan fingerprint density at radius 2 is 2.00 bits per heavy atom. The van der Waals surface area contributed by atoms with E-state index in [1.165, 1.54) is 6.07 Å². The number of pyridine rings is 1. The number of benzene rings is 2. The molecule has 0 fully saturated rings. The van der Waals surface area contributed by atoms with E-state index >= 15 is 0 Å². The van der Waals surface area contributed by atoms with Gasteiger partial charge in [-0.15, -0.1) is 0 Å². The number of carbonyl (C=O) groups is 1. The molecule has 0 aliphatic carbocycles. The van der Waals surface area contributed by atoms with Gasteiger partial charge in [0.1, 0.15) is 23.2 Å². The van der Waals surface area contributed by atoms with E-state index in [0.717, 1.165) is 9.13 Å². The van der Waals surface area contributed by atoms with Gasteiger partial charge in [-0.3, -0.25) is 14.6 Å². The van der Waals surface area contributed by atoms with Crippen LogP contribution in [0.2, 0.25) is 0 Å². The van der Waals surface area contributed by atoms with Crippen LogP contribution in [0.4, 0.5) is 15.8 Å². The molecule has 0 radical (unpaired) electrons. The van der Waals surface area contributed by atoms with Gasteiger partial charge in [-0.05, 0) is 59.3 Å². The van der Waals surface area contributed by atoms with E-state index in [4.69, 9.17) is 9.25 Å². The predicted molar refractivity (Wildman–Crippen MR) is 120 cm³/mol. The molecule has 8 heteroatoms. The number of nitrogens with zero attached hydrogens (tertiary/aromatic N) is 1. The second-order valence-corrected chi connectivity index (χ2v) is 7.77. The largest absolute Gasteiger partial charge is 0.448 e. The Labute approximate surface area is 185 Å². The van der Waals surface area contributed by atoms with Gasteiger partial charge >= 0.3 is 5.91 Å². The lowest BCUT2D eigenvalue weighted by molar-refractivity contribution is -0.0102.